The van der Waals surface area contributed by atoms with Crippen molar-refractivity contribution in [2.24, 2.45) is 5.41 Å². The smallest absolute Gasteiger partial charge is 0.248 e. The van der Waals surface area contributed by atoms with E-state index in [4.69, 9.17) is 5.10 Å². The molecule has 0 radical (unpaired) electrons. The van der Waals surface area contributed by atoms with Crippen LogP contribution < -0.4 is 5.32 Å². The van der Waals surface area contributed by atoms with Crippen molar-refractivity contribution in [3.8, 4) is 22.5 Å². The Balaban J connectivity index is 1.27. The summed E-state index contributed by atoms with van der Waals surface area (Å²) in [5, 5.41) is 33.7. The summed E-state index contributed by atoms with van der Waals surface area (Å²) in [6, 6.07) is 6.71. The van der Waals surface area contributed by atoms with Crippen LogP contribution in [0.15, 0.2) is 41.3 Å². The number of nitrogens with zero attached hydrogens (tertiary/aromatic N) is 9. The van der Waals surface area contributed by atoms with Crippen molar-refractivity contribution in [3.05, 3.63) is 58.3 Å². The molecule has 15 heteroatoms. The molecule has 45 heavy (non-hydrogen) atoms. The highest BCUT2D eigenvalue weighted by molar-refractivity contribution is 9.10. The third kappa shape index (κ3) is 5.15. The molecule has 4 atom stereocenters. The number of aromatic amines is 1. The number of nitrogens with one attached hydrogen (secondary N) is 2. The van der Waals surface area contributed by atoms with Gasteiger partial charge >= 0.3 is 0 Å². The molecule has 4 aromatic heterocycles. The lowest BCUT2D eigenvalue weighted by Crippen LogP contribution is -2.47. The zero-order valence-electron chi connectivity index (χ0n) is 25.0. The van der Waals surface area contributed by atoms with Crippen LogP contribution in [-0.2, 0) is 16.1 Å². The van der Waals surface area contributed by atoms with Crippen molar-refractivity contribution < 1.29 is 14.7 Å². The summed E-state index contributed by atoms with van der Waals surface area (Å²) in [4.78, 5) is 42.5. The molecule has 1 aromatic carbocycles. The summed E-state index contributed by atoms with van der Waals surface area (Å²) in [5.41, 5.74) is 3.71. The molecule has 1 aliphatic heterocycles. The lowest BCUT2D eigenvalue weighted by atomic mass is 9.99. The first-order valence-corrected chi connectivity index (χ1v) is 15.3. The number of hydrogen-bond acceptors (Lipinski definition) is 10. The number of carbonyl (C=O) groups is 2. The zero-order valence-corrected chi connectivity index (χ0v) is 26.6. The summed E-state index contributed by atoms with van der Waals surface area (Å²) in [5.74, 6) is 0.852. The normalized spacial score (nSPS) is 21.2. The Hall–Kier alpha value is -4.63. The summed E-state index contributed by atoms with van der Waals surface area (Å²) in [7, 11) is 0. The lowest BCUT2D eigenvalue weighted by molar-refractivity contribution is -0.138. The number of carbonyl (C=O) groups excluding carboxylic acids is 2. The SMILES string of the molecule is Cc1ncc(-c2cc(-c3nn[nH]n3)c3c(c2)c(C(C)O)nn3CC(=O)N2[C@H](C(=O)Nc3nc(Br)ccc3C)C[C@@]3(C)C[C@@H]23)cn1. The molecule has 0 bridgehead atoms. The van der Waals surface area contributed by atoms with Crippen molar-refractivity contribution in [2.45, 2.75) is 65.3 Å². The van der Waals surface area contributed by atoms with Crippen LogP contribution in [0.25, 0.3) is 33.4 Å². The van der Waals surface area contributed by atoms with Gasteiger partial charge in [0.25, 0.3) is 0 Å². The van der Waals surface area contributed by atoms with Crippen LogP contribution >= 0.6 is 15.9 Å². The minimum absolute atomic E-state index is 0.0554. The first-order chi connectivity index (χ1) is 21.5. The van der Waals surface area contributed by atoms with E-state index in [9.17, 15) is 14.7 Å². The number of halogens is 1. The fourth-order valence-electron chi connectivity index (χ4n) is 6.32. The van der Waals surface area contributed by atoms with Crippen LogP contribution in [0.4, 0.5) is 5.82 Å². The second kappa shape index (κ2) is 10.8. The number of aryl methyl sites for hydroxylation is 2. The standard InChI is InChI=1S/C30H30BrN11O3/c1-14-5-6-23(31)34-27(14)35-29(45)21-9-30(4)10-22(30)42(21)24(44)13-41-26-19(25(38-41)15(2)43)7-17(18-11-32-16(3)33-12-18)8-20(26)28-36-39-40-37-28/h5-8,11-12,15,21-22,43H,9-10,13H2,1-4H3,(H,34,35,45)(H,36,37,39,40)/t15?,21-,22+,30-/m0/s1. The number of aliphatic hydroxyl groups is 1. The maximum atomic E-state index is 14.2. The van der Waals surface area contributed by atoms with E-state index < -0.39 is 12.1 Å². The van der Waals surface area contributed by atoms with E-state index in [1.165, 1.54) is 0 Å². The summed E-state index contributed by atoms with van der Waals surface area (Å²) in [6.07, 6.45) is 3.87. The van der Waals surface area contributed by atoms with E-state index in [1.807, 2.05) is 38.1 Å². The van der Waals surface area contributed by atoms with Gasteiger partial charge in [-0.1, -0.05) is 13.0 Å². The highest BCUT2D eigenvalue weighted by Crippen LogP contribution is 2.59. The van der Waals surface area contributed by atoms with Gasteiger partial charge in [-0.25, -0.2) is 15.0 Å². The molecule has 1 unspecified atom stereocenters. The predicted molar refractivity (Wildman–Crippen MR) is 166 cm³/mol. The predicted octanol–water partition coefficient (Wildman–Crippen LogP) is 3.52. The van der Waals surface area contributed by atoms with Crippen molar-refractivity contribution in [1.29, 1.82) is 0 Å². The van der Waals surface area contributed by atoms with Gasteiger partial charge in [-0.3, -0.25) is 14.3 Å². The third-order valence-corrected chi connectivity index (χ3v) is 9.23. The minimum Gasteiger partial charge on any atom is -0.387 e. The molecule has 5 aromatic rings. The number of anilines is 1. The fourth-order valence-corrected chi connectivity index (χ4v) is 6.63. The Morgan fingerprint density at radius 1 is 1.18 bits per heavy atom. The number of benzene rings is 1. The lowest BCUT2D eigenvalue weighted by Gasteiger charge is -2.27. The van der Waals surface area contributed by atoms with E-state index in [0.29, 0.717) is 50.7 Å². The number of pyridine rings is 1. The van der Waals surface area contributed by atoms with Gasteiger partial charge in [0, 0.05) is 34.9 Å². The van der Waals surface area contributed by atoms with E-state index in [2.05, 4.69) is 63.7 Å². The van der Waals surface area contributed by atoms with Crippen molar-refractivity contribution >= 4 is 44.5 Å². The first kappa shape index (κ1) is 29.1. The molecule has 2 fully saturated rings. The average molecular weight is 673 g/mol. The second-order valence-electron chi connectivity index (χ2n) is 12.1. The van der Waals surface area contributed by atoms with Crippen molar-refractivity contribution in [2.75, 3.05) is 5.32 Å². The number of tetrazole rings is 1. The van der Waals surface area contributed by atoms with E-state index in [0.717, 1.165) is 23.1 Å². The average Bonchev–Trinajstić information content (AvgIpc) is 3.40. The number of likely N-dealkylation sites (tertiary alicyclic amines) is 1. The molecule has 3 N–H and O–H groups in total. The van der Waals surface area contributed by atoms with Gasteiger partial charge in [0.15, 0.2) is 0 Å². The molecule has 1 saturated heterocycles. The van der Waals surface area contributed by atoms with Crippen LogP contribution in [0.3, 0.4) is 0 Å². The number of rotatable bonds is 7. The van der Waals surface area contributed by atoms with Gasteiger partial charge in [-0.15, -0.1) is 10.2 Å². The van der Waals surface area contributed by atoms with Crippen LogP contribution in [-0.4, -0.2) is 79.3 Å². The Labute approximate surface area is 265 Å². The number of aliphatic hydroxyl groups excluding tert-OH is 1. The van der Waals surface area contributed by atoms with Crippen molar-refractivity contribution in [1.82, 2.24) is 50.3 Å². The number of fused-ring (bicyclic) bond motifs is 2. The Kier molecular flexibility index (Phi) is 6.96. The number of aromatic nitrogens is 9. The maximum Gasteiger partial charge on any atom is 0.248 e. The number of H-pyrrole nitrogens is 1. The Morgan fingerprint density at radius 3 is 2.67 bits per heavy atom. The topological polar surface area (TPSA) is 181 Å². The zero-order chi connectivity index (χ0) is 31.6. The quantitative estimate of drug-likeness (QED) is 0.217. The van der Waals surface area contributed by atoms with E-state index in [1.54, 1.807) is 28.9 Å². The molecule has 2 aliphatic rings. The molecular formula is C30H30BrN11O3. The largest absolute Gasteiger partial charge is 0.387 e. The molecule has 1 aliphatic carbocycles. The molecule has 1 saturated carbocycles. The highest BCUT2D eigenvalue weighted by atomic mass is 79.9. The van der Waals surface area contributed by atoms with Crippen LogP contribution in [0.1, 0.15) is 49.9 Å². The van der Waals surface area contributed by atoms with Crippen LogP contribution in [0.5, 0.6) is 0 Å². The first-order valence-electron chi connectivity index (χ1n) is 14.5. The van der Waals surface area contributed by atoms with Gasteiger partial charge in [-0.2, -0.15) is 10.3 Å². The molecule has 5 heterocycles. The molecule has 14 nitrogen and oxygen atoms in total. The van der Waals surface area contributed by atoms with Gasteiger partial charge in [0.2, 0.25) is 17.6 Å². The van der Waals surface area contributed by atoms with Crippen molar-refractivity contribution in [3.63, 3.8) is 0 Å². The van der Waals surface area contributed by atoms with Gasteiger partial charge in [-0.05, 0) is 89.5 Å². The van der Waals surface area contributed by atoms with E-state index in [-0.39, 0.29) is 29.8 Å². The Morgan fingerprint density at radius 2 is 1.96 bits per heavy atom. The second-order valence-corrected chi connectivity index (χ2v) is 12.9. The molecule has 7 rings (SSSR count). The third-order valence-electron chi connectivity index (χ3n) is 8.78. The molecule has 0 spiro atoms. The van der Waals surface area contributed by atoms with E-state index >= 15 is 0 Å². The van der Waals surface area contributed by atoms with Gasteiger partial charge in [0.05, 0.1) is 17.3 Å². The number of hydrogen-bond donors (Lipinski definition) is 3. The number of amides is 2. The summed E-state index contributed by atoms with van der Waals surface area (Å²) < 4.78 is 2.17. The van der Waals surface area contributed by atoms with Crippen LogP contribution in [0, 0.1) is 19.3 Å². The van der Waals surface area contributed by atoms with Gasteiger partial charge < -0.3 is 15.3 Å². The Bertz CT molecular complexity index is 1960. The van der Waals surface area contributed by atoms with Crippen LogP contribution in [0.2, 0.25) is 0 Å². The molecular weight excluding hydrogens is 642 g/mol. The monoisotopic (exact) mass is 671 g/mol. The fraction of sp³-hybridized carbons (Fsp3) is 0.367. The number of piperidine rings is 1. The summed E-state index contributed by atoms with van der Waals surface area (Å²) >= 11 is 3.36. The van der Waals surface area contributed by atoms with Gasteiger partial charge in [0.1, 0.15) is 28.8 Å². The molecule has 2 amide bonds. The minimum atomic E-state index is -0.940. The maximum absolute atomic E-state index is 14.2. The molecule has 230 valence electrons. The highest BCUT2D eigenvalue weighted by Gasteiger charge is 2.64. The summed E-state index contributed by atoms with van der Waals surface area (Å²) in [6.45, 7) is 7.24.